The van der Waals surface area contributed by atoms with Gasteiger partial charge in [0.05, 0.1) is 10.5 Å². The molecule has 134 valence electrons. The van der Waals surface area contributed by atoms with Crippen molar-refractivity contribution in [3.05, 3.63) is 60.4 Å². The van der Waals surface area contributed by atoms with Gasteiger partial charge in [-0.3, -0.25) is 4.79 Å². The van der Waals surface area contributed by atoms with Crippen molar-refractivity contribution >= 4 is 15.7 Å². The molecule has 2 aromatic carbocycles. The van der Waals surface area contributed by atoms with Gasteiger partial charge in [0.2, 0.25) is 5.91 Å². The summed E-state index contributed by atoms with van der Waals surface area (Å²) in [6.45, 7) is -0.350. The third-order valence-electron chi connectivity index (χ3n) is 3.79. The summed E-state index contributed by atoms with van der Waals surface area (Å²) in [4.78, 5) is 10.9. The highest BCUT2D eigenvalue weighted by atomic mass is 32.2. The van der Waals surface area contributed by atoms with Crippen molar-refractivity contribution in [2.45, 2.75) is 11.5 Å². The minimum atomic E-state index is -3.79. The molecule has 1 heterocycles. The lowest BCUT2D eigenvalue weighted by Gasteiger charge is -2.06. The van der Waals surface area contributed by atoms with Crippen LogP contribution in [0.5, 0.6) is 0 Å². The van der Waals surface area contributed by atoms with Gasteiger partial charge in [0.15, 0.2) is 15.6 Å². The molecule has 3 aromatic rings. The Morgan fingerprint density at radius 1 is 1.04 bits per heavy atom. The number of carbonyl (C=O) groups is 1. The zero-order valence-corrected chi connectivity index (χ0v) is 14.4. The van der Waals surface area contributed by atoms with Gasteiger partial charge in [-0.25, -0.2) is 8.42 Å². The maximum absolute atomic E-state index is 12.1. The number of benzene rings is 2. The zero-order chi connectivity index (χ0) is 18.7. The number of primary amides is 1. The van der Waals surface area contributed by atoms with Crippen LogP contribution < -0.4 is 5.73 Å². The number of nitrogens with two attached hydrogens (primary N) is 1. The molecule has 0 spiro atoms. The van der Waals surface area contributed by atoms with Crippen LogP contribution in [0.2, 0.25) is 0 Å². The van der Waals surface area contributed by atoms with Crippen LogP contribution in [0.25, 0.3) is 22.4 Å². The number of hydrogen-bond donors (Lipinski definition) is 2. The summed E-state index contributed by atoms with van der Waals surface area (Å²) >= 11 is 0. The van der Waals surface area contributed by atoms with Gasteiger partial charge in [-0.05, 0) is 17.7 Å². The molecule has 1 amide bonds. The van der Waals surface area contributed by atoms with E-state index in [4.69, 9.17) is 10.3 Å². The first-order chi connectivity index (χ1) is 12.4. The van der Waals surface area contributed by atoms with Crippen LogP contribution in [0, 0.1) is 0 Å². The predicted octanol–water partition coefficient (Wildman–Crippen LogP) is 1.76. The molecule has 0 bridgehead atoms. The standard InChI is InChI=1S/C18H16N2O5S/c19-16(22)11-26(23,24)14-8-6-12(7-9-14)17-15(10-21)25-20-18(17)13-4-2-1-3-5-13/h1-9,21H,10-11H2,(H2,19,22). The molecule has 3 rings (SSSR count). The van der Waals surface area contributed by atoms with Crippen LogP contribution in [-0.4, -0.2) is 30.3 Å². The van der Waals surface area contributed by atoms with E-state index < -0.39 is 21.5 Å². The number of rotatable bonds is 6. The molecule has 8 heteroatoms. The Balaban J connectivity index is 2.05. The number of aliphatic hydroxyl groups excluding tert-OH is 1. The summed E-state index contributed by atoms with van der Waals surface area (Å²) in [5, 5.41) is 13.6. The summed E-state index contributed by atoms with van der Waals surface area (Å²) in [6.07, 6.45) is 0. The first-order valence-electron chi connectivity index (χ1n) is 7.68. The fraction of sp³-hybridized carbons (Fsp3) is 0.111. The smallest absolute Gasteiger partial charge is 0.233 e. The predicted molar refractivity (Wildman–Crippen MR) is 94.5 cm³/mol. The SMILES string of the molecule is NC(=O)CS(=O)(=O)c1ccc(-c2c(-c3ccccc3)noc2CO)cc1. The van der Waals surface area contributed by atoms with Gasteiger partial charge in [-0.15, -0.1) is 0 Å². The van der Waals surface area contributed by atoms with Crippen molar-refractivity contribution in [1.82, 2.24) is 5.16 Å². The minimum Gasteiger partial charge on any atom is -0.388 e. The fourth-order valence-electron chi connectivity index (χ4n) is 2.62. The number of hydrogen-bond acceptors (Lipinski definition) is 6. The first kappa shape index (κ1) is 17.8. The van der Waals surface area contributed by atoms with E-state index in [-0.39, 0.29) is 17.3 Å². The Bertz CT molecular complexity index is 1030. The molecule has 0 saturated heterocycles. The molecule has 0 aliphatic carbocycles. The van der Waals surface area contributed by atoms with Gasteiger partial charge in [0.25, 0.3) is 0 Å². The van der Waals surface area contributed by atoms with Gasteiger partial charge in [0.1, 0.15) is 18.1 Å². The second-order valence-corrected chi connectivity index (χ2v) is 7.59. The number of amides is 1. The molecule has 26 heavy (non-hydrogen) atoms. The van der Waals surface area contributed by atoms with Crippen molar-refractivity contribution in [3.63, 3.8) is 0 Å². The second kappa shape index (κ2) is 7.11. The summed E-state index contributed by atoms with van der Waals surface area (Å²) < 4.78 is 29.4. The highest BCUT2D eigenvalue weighted by molar-refractivity contribution is 7.92. The fourth-order valence-corrected chi connectivity index (χ4v) is 3.71. The summed E-state index contributed by atoms with van der Waals surface area (Å²) in [5.41, 5.74) is 7.54. The minimum absolute atomic E-state index is 0.0108. The number of sulfone groups is 1. The highest BCUT2D eigenvalue weighted by Crippen LogP contribution is 2.35. The Labute approximate surface area is 150 Å². The van der Waals surface area contributed by atoms with Crippen molar-refractivity contribution in [2.75, 3.05) is 5.75 Å². The summed E-state index contributed by atoms with van der Waals surface area (Å²) in [5.74, 6) is -1.39. The second-order valence-electron chi connectivity index (χ2n) is 5.60. The van der Waals surface area contributed by atoms with Crippen molar-refractivity contribution in [3.8, 4) is 22.4 Å². The van der Waals surface area contributed by atoms with Gasteiger partial charge < -0.3 is 15.4 Å². The Kier molecular flexibility index (Phi) is 4.88. The molecule has 0 fully saturated rings. The van der Waals surface area contributed by atoms with E-state index in [0.29, 0.717) is 16.8 Å². The Morgan fingerprint density at radius 2 is 1.69 bits per heavy atom. The molecule has 0 radical (unpaired) electrons. The van der Waals surface area contributed by atoms with Crippen LogP contribution >= 0.6 is 0 Å². The average Bonchev–Trinajstić information content (AvgIpc) is 3.05. The number of aliphatic hydroxyl groups is 1. The summed E-state index contributed by atoms with van der Waals surface area (Å²) in [6, 6.07) is 15.2. The lowest BCUT2D eigenvalue weighted by atomic mass is 9.99. The molecule has 7 nitrogen and oxygen atoms in total. The lowest BCUT2D eigenvalue weighted by Crippen LogP contribution is -2.23. The number of nitrogens with zero attached hydrogens (tertiary/aromatic N) is 1. The van der Waals surface area contributed by atoms with Crippen LogP contribution in [0.15, 0.2) is 64.0 Å². The highest BCUT2D eigenvalue weighted by Gasteiger charge is 2.21. The van der Waals surface area contributed by atoms with Crippen molar-refractivity contribution < 1.29 is 22.8 Å². The quantitative estimate of drug-likeness (QED) is 0.679. The van der Waals surface area contributed by atoms with E-state index >= 15 is 0 Å². The molecule has 0 unspecified atom stereocenters. The van der Waals surface area contributed by atoms with Crippen molar-refractivity contribution in [1.29, 1.82) is 0 Å². The molecule has 1 aromatic heterocycles. The van der Waals surface area contributed by atoms with E-state index in [1.54, 1.807) is 12.1 Å². The molecular weight excluding hydrogens is 356 g/mol. The Morgan fingerprint density at radius 3 is 2.27 bits per heavy atom. The van der Waals surface area contributed by atoms with E-state index in [1.807, 2.05) is 30.3 Å². The molecule has 3 N–H and O–H groups in total. The van der Waals surface area contributed by atoms with E-state index in [1.165, 1.54) is 12.1 Å². The monoisotopic (exact) mass is 372 g/mol. The lowest BCUT2D eigenvalue weighted by molar-refractivity contribution is -0.115. The van der Waals surface area contributed by atoms with Crippen LogP contribution in [-0.2, 0) is 21.2 Å². The van der Waals surface area contributed by atoms with Gasteiger partial charge in [-0.2, -0.15) is 0 Å². The Hall–Kier alpha value is -2.97. The molecule has 0 aliphatic rings. The maximum Gasteiger partial charge on any atom is 0.233 e. The van der Waals surface area contributed by atoms with E-state index in [2.05, 4.69) is 5.16 Å². The normalized spacial score (nSPS) is 11.4. The van der Waals surface area contributed by atoms with Crippen LogP contribution in [0.1, 0.15) is 5.76 Å². The molecule has 0 saturated carbocycles. The van der Waals surface area contributed by atoms with Gasteiger partial charge in [-0.1, -0.05) is 47.6 Å². The van der Waals surface area contributed by atoms with Crippen LogP contribution in [0.3, 0.4) is 0 Å². The van der Waals surface area contributed by atoms with E-state index in [0.717, 1.165) is 5.56 Å². The van der Waals surface area contributed by atoms with Gasteiger partial charge in [0, 0.05) is 5.56 Å². The van der Waals surface area contributed by atoms with Crippen LogP contribution in [0.4, 0.5) is 0 Å². The first-order valence-corrected chi connectivity index (χ1v) is 9.34. The molecule has 0 aliphatic heterocycles. The average molecular weight is 372 g/mol. The summed E-state index contributed by atoms with van der Waals surface area (Å²) in [7, 11) is -3.79. The zero-order valence-electron chi connectivity index (χ0n) is 13.6. The maximum atomic E-state index is 12.1. The topological polar surface area (TPSA) is 123 Å². The number of carbonyl (C=O) groups excluding carboxylic acids is 1. The third kappa shape index (κ3) is 3.51. The third-order valence-corrected chi connectivity index (χ3v) is 5.44. The largest absolute Gasteiger partial charge is 0.388 e. The van der Waals surface area contributed by atoms with E-state index in [9.17, 15) is 18.3 Å². The number of aromatic nitrogens is 1. The van der Waals surface area contributed by atoms with Gasteiger partial charge >= 0.3 is 0 Å². The molecular formula is C18H16N2O5S. The van der Waals surface area contributed by atoms with Crippen molar-refractivity contribution in [2.24, 2.45) is 5.73 Å². The molecule has 0 atom stereocenters.